The Balaban J connectivity index is 1.94. The molecule has 2 aromatic carbocycles. The minimum atomic E-state index is -0.0809. The lowest BCUT2D eigenvalue weighted by atomic mass is 10.1. The predicted molar refractivity (Wildman–Crippen MR) is 105 cm³/mol. The summed E-state index contributed by atoms with van der Waals surface area (Å²) in [6.07, 6.45) is 2.98. The fourth-order valence-corrected chi connectivity index (χ4v) is 4.07. The van der Waals surface area contributed by atoms with Crippen molar-refractivity contribution >= 4 is 27.5 Å². The van der Waals surface area contributed by atoms with Gasteiger partial charge in [-0.05, 0) is 43.0 Å². The molecule has 128 valence electrons. The Bertz CT molecular complexity index is 980. The molecule has 0 aliphatic carbocycles. The molecule has 0 aliphatic rings. The first-order chi connectivity index (χ1) is 12.1. The Hall–Kier alpha value is -2.46. The van der Waals surface area contributed by atoms with Crippen molar-refractivity contribution in [3.63, 3.8) is 0 Å². The molecule has 0 aliphatic heterocycles. The molecule has 0 unspecified atom stereocenters. The van der Waals surface area contributed by atoms with E-state index in [1.165, 1.54) is 15.8 Å². The number of allylic oxidation sites excluding steroid dienone is 1. The lowest BCUT2D eigenvalue weighted by Gasteiger charge is -2.03. The van der Waals surface area contributed by atoms with Crippen LogP contribution in [0.3, 0.4) is 0 Å². The molecule has 3 rings (SSSR count). The third kappa shape index (κ3) is 3.97. The highest BCUT2D eigenvalue weighted by Gasteiger charge is 2.10. The van der Waals surface area contributed by atoms with Crippen molar-refractivity contribution < 1.29 is 4.79 Å². The van der Waals surface area contributed by atoms with Crippen LogP contribution in [0.4, 0.5) is 0 Å². The number of amides is 1. The van der Waals surface area contributed by atoms with Crippen LogP contribution in [-0.2, 0) is 17.8 Å². The molecule has 4 heteroatoms. The molecule has 0 atom stereocenters. The summed E-state index contributed by atoms with van der Waals surface area (Å²) >= 11 is 1.58. The van der Waals surface area contributed by atoms with Crippen LogP contribution in [0.15, 0.2) is 60.1 Å². The molecule has 0 bridgehead atoms. The lowest BCUT2D eigenvalue weighted by molar-refractivity contribution is -0.118. The Kier molecular flexibility index (Phi) is 5.29. The summed E-state index contributed by atoms with van der Waals surface area (Å²) in [7, 11) is 0. The van der Waals surface area contributed by atoms with E-state index in [9.17, 15) is 4.79 Å². The zero-order valence-electron chi connectivity index (χ0n) is 14.7. The molecule has 1 heterocycles. The van der Waals surface area contributed by atoms with E-state index < -0.39 is 0 Å². The van der Waals surface area contributed by atoms with Crippen LogP contribution in [0.25, 0.3) is 10.2 Å². The van der Waals surface area contributed by atoms with Crippen LogP contribution in [-0.4, -0.2) is 10.5 Å². The van der Waals surface area contributed by atoms with Gasteiger partial charge in [-0.15, -0.1) is 6.58 Å². The fourth-order valence-electron chi connectivity index (χ4n) is 2.96. The third-order valence-corrected chi connectivity index (χ3v) is 5.35. The largest absolute Gasteiger partial charge is 0.312 e. The van der Waals surface area contributed by atoms with Crippen LogP contribution in [0.5, 0.6) is 0 Å². The Morgan fingerprint density at radius 1 is 1.24 bits per heavy atom. The van der Waals surface area contributed by atoms with E-state index in [0.717, 1.165) is 15.9 Å². The van der Waals surface area contributed by atoms with Crippen molar-refractivity contribution in [2.75, 3.05) is 0 Å². The molecule has 1 aromatic heterocycles. The molecular weight excluding hydrogens is 328 g/mol. The van der Waals surface area contributed by atoms with Crippen LogP contribution in [0.1, 0.15) is 23.1 Å². The minimum Gasteiger partial charge on any atom is -0.312 e. The first-order valence-electron chi connectivity index (χ1n) is 8.41. The van der Waals surface area contributed by atoms with E-state index in [4.69, 9.17) is 0 Å². The van der Waals surface area contributed by atoms with Gasteiger partial charge < -0.3 is 4.57 Å². The zero-order valence-corrected chi connectivity index (χ0v) is 15.5. The normalized spacial score (nSPS) is 11.8. The highest BCUT2D eigenvalue weighted by molar-refractivity contribution is 7.16. The standard InChI is InChI=1S/C21H22N2OS/c1-4-12-23-18-14-15(2)13-16(3)20(18)25-21(23)22-19(24)11-10-17-8-6-5-7-9-17/h4-9,13-14H,1,10-12H2,2-3H3. The molecule has 0 radical (unpaired) electrons. The van der Waals surface area contributed by atoms with Gasteiger partial charge in [0.05, 0.1) is 10.2 Å². The number of fused-ring (bicyclic) bond motifs is 1. The van der Waals surface area contributed by atoms with E-state index in [2.05, 4.69) is 42.1 Å². The van der Waals surface area contributed by atoms with Crippen LogP contribution in [0, 0.1) is 13.8 Å². The molecule has 1 amide bonds. The van der Waals surface area contributed by atoms with Gasteiger partial charge >= 0.3 is 0 Å². The molecule has 0 spiro atoms. The number of rotatable bonds is 5. The van der Waals surface area contributed by atoms with E-state index >= 15 is 0 Å². The number of thiazole rings is 1. The molecule has 3 aromatic rings. The summed E-state index contributed by atoms with van der Waals surface area (Å²) in [5.74, 6) is -0.0809. The number of benzene rings is 2. The average Bonchev–Trinajstić information content (AvgIpc) is 2.92. The molecule has 0 saturated carbocycles. The molecule has 0 fully saturated rings. The van der Waals surface area contributed by atoms with Gasteiger partial charge in [0.15, 0.2) is 4.80 Å². The van der Waals surface area contributed by atoms with Gasteiger partial charge in [-0.3, -0.25) is 4.79 Å². The van der Waals surface area contributed by atoms with Crippen LogP contribution < -0.4 is 4.80 Å². The van der Waals surface area contributed by atoms with Crippen molar-refractivity contribution in [2.24, 2.45) is 4.99 Å². The summed E-state index contributed by atoms with van der Waals surface area (Å²) < 4.78 is 3.26. The van der Waals surface area contributed by atoms with E-state index in [0.29, 0.717) is 19.4 Å². The maximum Gasteiger partial charge on any atom is 0.248 e. The number of aromatic nitrogens is 1. The van der Waals surface area contributed by atoms with Gasteiger partial charge in [0, 0.05) is 13.0 Å². The Labute approximate surface area is 152 Å². The average molecular weight is 350 g/mol. The quantitative estimate of drug-likeness (QED) is 0.621. The summed E-state index contributed by atoms with van der Waals surface area (Å²) in [6.45, 7) is 8.68. The van der Waals surface area contributed by atoms with E-state index in [-0.39, 0.29) is 5.91 Å². The predicted octanol–water partition coefficient (Wildman–Crippen LogP) is 4.57. The third-order valence-electron chi connectivity index (χ3n) is 4.12. The molecule has 3 nitrogen and oxygen atoms in total. The van der Waals surface area contributed by atoms with E-state index in [1.807, 2.05) is 36.4 Å². The molecule has 0 N–H and O–H groups in total. The van der Waals surface area contributed by atoms with Crippen molar-refractivity contribution in [3.8, 4) is 0 Å². The van der Waals surface area contributed by atoms with Crippen LogP contribution in [0.2, 0.25) is 0 Å². The molecule has 0 saturated heterocycles. The maximum atomic E-state index is 12.4. The van der Waals surface area contributed by atoms with E-state index in [1.54, 1.807) is 11.3 Å². The second kappa shape index (κ2) is 7.62. The topological polar surface area (TPSA) is 34.4 Å². The van der Waals surface area contributed by atoms with Crippen molar-refractivity contribution in [1.82, 2.24) is 4.57 Å². The second-order valence-electron chi connectivity index (χ2n) is 6.21. The number of hydrogen-bond acceptors (Lipinski definition) is 2. The van der Waals surface area contributed by atoms with Gasteiger partial charge in [0.2, 0.25) is 5.91 Å². The molecule has 25 heavy (non-hydrogen) atoms. The number of carbonyl (C=O) groups is 1. The maximum absolute atomic E-state index is 12.4. The van der Waals surface area contributed by atoms with Crippen molar-refractivity contribution in [3.05, 3.63) is 76.6 Å². The fraction of sp³-hybridized carbons (Fsp3) is 0.238. The molecular formula is C21H22N2OS. The monoisotopic (exact) mass is 350 g/mol. The van der Waals surface area contributed by atoms with Gasteiger partial charge in [-0.2, -0.15) is 4.99 Å². The highest BCUT2D eigenvalue weighted by atomic mass is 32.1. The summed E-state index contributed by atoms with van der Waals surface area (Å²) in [5, 5.41) is 0. The number of hydrogen-bond donors (Lipinski definition) is 0. The Morgan fingerprint density at radius 3 is 2.72 bits per heavy atom. The SMILES string of the molecule is C=CCn1c(=NC(=O)CCc2ccccc2)sc2c(C)cc(C)cc21. The van der Waals surface area contributed by atoms with Crippen molar-refractivity contribution in [1.29, 1.82) is 0 Å². The second-order valence-corrected chi connectivity index (χ2v) is 7.18. The van der Waals surface area contributed by atoms with Gasteiger partial charge in [0.1, 0.15) is 0 Å². The van der Waals surface area contributed by atoms with Gasteiger partial charge in [0.25, 0.3) is 0 Å². The number of carbonyl (C=O) groups excluding carboxylic acids is 1. The Morgan fingerprint density at radius 2 is 2.00 bits per heavy atom. The highest BCUT2D eigenvalue weighted by Crippen LogP contribution is 2.23. The minimum absolute atomic E-state index is 0.0809. The lowest BCUT2D eigenvalue weighted by Crippen LogP contribution is -2.16. The van der Waals surface area contributed by atoms with Gasteiger partial charge in [-0.25, -0.2) is 0 Å². The first kappa shape index (κ1) is 17.4. The van der Waals surface area contributed by atoms with Gasteiger partial charge in [-0.1, -0.05) is 53.8 Å². The first-order valence-corrected chi connectivity index (χ1v) is 9.23. The summed E-state index contributed by atoms with van der Waals surface area (Å²) in [6, 6.07) is 14.4. The summed E-state index contributed by atoms with van der Waals surface area (Å²) in [5.41, 5.74) is 4.71. The van der Waals surface area contributed by atoms with Crippen molar-refractivity contribution in [2.45, 2.75) is 33.2 Å². The summed E-state index contributed by atoms with van der Waals surface area (Å²) in [4.78, 5) is 17.5. The number of nitrogens with zero attached hydrogens (tertiary/aromatic N) is 2. The smallest absolute Gasteiger partial charge is 0.248 e. The number of aryl methyl sites for hydroxylation is 3. The zero-order chi connectivity index (χ0) is 17.8. The van der Waals surface area contributed by atoms with Crippen LogP contribution >= 0.6 is 11.3 Å².